The molecular weight excluding hydrogens is 416 g/mol. The van der Waals surface area contributed by atoms with Crippen LogP contribution in [0.25, 0.3) is 0 Å². The summed E-state index contributed by atoms with van der Waals surface area (Å²) in [6.07, 6.45) is 0.824. The summed E-state index contributed by atoms with van der Waals surface area (Å²) in [5, 5.41) is 30.1. The molecule has 0 bridgehead atoms. The molecule has 1 aromatic rings. The highest BCUT2D eigenvalue weighted by Gasteiger charge is 2.48. The number of Topliss-reactive ketones (excluding diaryl/α,β-unsaturated/α-hetero) is 1. The topological polar surface area (TPSA) is 152 Å². The summed E-state index contributed by atoms with van der Waals surface area (Å²) in [7, 11) is 0. The molecule has 2 atom stereocenters. The van der Waals surface area contributed by atoms with E-state index in [0.29, 0.717) is 29.8 Å². The van der Waals surface area contributed by atoms with Crippen molar-refractivity contribution in [2.24, 2.45) is 22.1 Å². The molecule has 0 spiro atoms. The van der Waals surface area contributed by atoms with Crippen LogP contribution in [0.5, 0.6) is 17.2 Å². The summed E-state index contributed by atoms with van der Waals surface area (Å²) in [6, 6.07) is 2.49. The lowest BCUT2D eigenvalue weighted by atomic mass is 9.63. The summed E-state index contributed by atoms with van der Waals surface area (Å²) < 4.78 is 10.8. The number of benzene rings is 1. The van der Waals surface area contributed by atoms with Crippen LogP contribution >= 0.6 is 0 Å². The summed E-state index contributed by atoms with van der Waals surface area (Å²) in [5.74, 6) is -4.17. The van der Waals surface area contributed by atoms with Crippen LogP contribution in [0, 0.1) is 11.3 Å². The van der Waals surface area contributed by atoms with E-state index in [1.165, 1.54) is 12.1 Å². The minimum atomic E-state index is -0.862. The number of nitrogens with two attached hydrogens (primary N) is 1. The number of aliphatic imine (C=N–C) groups is 1. The Hall–Kier alpha value is -2.91. The fourth-order valence-corrected chi connectivity index (χ4v) is 4.48. The first-order valence-corrected chi connectivity index (χ1v) is 10.6. The van der Waals surface area contributed by atoms with Gasteiger partial charge in [-0.3, -0.25) is 9.79 Å². The molecule has 0 saturated heterocycles. The predicted octanol–water partition coefficient (Wildman–Crippen LogP) is 2.14. The number of phenolic OH excluding ortho intramolecular Hbond substituents is 3. The van der Waals surface area contributed by atoms with Gasteiger partial charge in [0.25, 0.3) is 0 Å². The Bertz CT molecular complexity index is 958. The maximum absolute atomic E-state index is 13.3. The number of rotatable bonds is 7. The number of esters is 1. The monoisotopic (exact) mass is 446 g/mol. The van der Waals surface area contributed by atoms with Gasteiger partial charge in [0.1, 0.15) is 5.78 Å². The zero-order valence-electron chi connectivity index (χ0n) is 18.6. The predicted molar refractivity (Wildman–Crippen MR) is 117 cm³/mol. The van der Waals surface area contributed by atoms with Crippen LogP contribution in [0.2, 0.25) is 0 Å². The number of hydrogen-bond donors (Lipinski definition) is 4. The first-order valence-electron chi connectivity index (χ1n) is 10.6. The van der Waals surface area contributed by atoms with Crippen molar-refractivity contribution < 1.29 is 34.4 Å². The quantitative estimate of drug-likeness (QED) is 0.282. The molecule has 0 amide bonds. The van der Waals surface area contributed by atoms with Crippen molar-refractivity contribution in [3.63, 3.8) is 0 Å². The number of aromatic hydroxyl groups is 3. The van der Waals surface area contributed by atoms with Gasteiger partial charge in [-0.15, -0.1) is 0 Å². The number of fused-ring (bicyclic) bond motifs is 1. The van der Waals surface area contributed by atoms with Gasteiger partial charge in [-0.25, -0.2) is 4.79 Å². The van der Waals surface area contributed by atoms with E-state index in [-0.39, 0.29) is 43.1 Å². The zero-order chi connectivity index (χ0) is 23.6. The number of nitrogens with zero attached hydrogens (tertiary/aromatic N) is 1. The number of carbonyl (C=O) groups excluding carboxylic acids is 2. The van der Waals surface area contributed by atoms with Gasteiger partial charge in [0, 0.05) is 24.6 Å². The highest BCUT2D eigenvalue weighted by Crippen LogP contribution is 2.49. The van der Waals surface area contributed by atoms with Crippen molar-refractivity contribution in [2.45, 2.75) is 39.5 Å². The van der Waals surface area contributed by atoms with E-state index >= 15 is 0 Å². The van der Waals surface area contributed by atoms with Gasteiger partial charge in [-0.2, -0.15) is 0 Å². The molecule has 32 heavy (non-hydrogen) atoms. The van der Waals surface area contributed by atoms with Gasteiger partial charge in [-0.1, -0.05) is 13.8 Å². The third kappa shape index (κ3) is 4.63. The van der Waals surface area contributed by atoms with Crippen LogP contribution in [0.3, 0.4) is 0 Å². The average molecular weight is 447 g/mol. The number of hydrogen-bond acceptors (Lipinski definition) is 9. The number of carbonyl (C=O) groups is 2. The van der Waals surface area contributed by atoms with Crippen LogP contribution in [0.15, 0.2) is 28.4 Å². The summed E-state index contributed by atoms with van der Waals surface area (Å²) in [4.78, 5) is 31.0. The molecule has 174 valence electrons. The Morgan fingerprint density at radius 1 is 1.19 bits per heavy atom. The molecule has 3 rings (SSSR count). The zero-order valence-corrected chi connectivity index (χ0v) is 18.6. The van der Waals surface area contributed by atoms with E-state index in [9.17, 15) is 24.9 Å². The summed E-state index contributed by atoms with van der Waals surface area (Å²) in [6.45, 7) is 6.27. The molecule has 9 nitrogen and oxygen atoms in total. The maximum Gasteiger partial charge on any atom is 0.336 e. The normalized spacial score (nSPS) is 22.4. The van der Waals surface area contributed by atoms with Crippen LogP contribution < -0.4 is 5.73 Å². The Morgan fingerprint density at radius 3 is 2.44 bits per heavy atom. The number of phenols is 3. The van der Waals surface area contributed by atoms with Crippen molar-refractivity contribution in [3.05, 3.63) is 29.0 Å². The van der Waals surface area contributed by atoms with Crippen LogP contribution in [-0.4, -0.2) is 59.1 Å². The minimum Gasteiger partial charge on any atom is -0.504 e. The van der Waals surface area contributed by atoms with Crippen molar-refractivity contribution >= 4 is 17.5 Å². The SMILES string of the molecule is CCOC(=O)C1=C(COCCN)N=C2CC(C)(C)CC(=O)C2C1c1cc(O)c(O)c(O)c1. The Kier molecular flexibility index (Phi) is 6.90. The molecule has 1 fully saturated rings. The van der Waals surface area contributed by atoms with Gasteiger partial charge in [-0.05, 0) is 36.5 Å². The number of ketones is 1. The van der Waals surface area contributed by atoms with Gasteiger partial charge in [0.2, 0.25) is 0 Å². The molecule has 1 aliphatic heterocycles. The Morgan fingerprint density at radius 2 is 1.84 bits per heavy atom. The molecule has 0 aromatic heterocycles. The van der Waals surface area contributed by atoms with Crippen LogP contribution in [0.1, 0.15) is 45.1 Å². The van der Waals surface area contributed by atoms with Gasteiger partial charge >= 0.3 is 5.97 Å². The summed E-state index contributed by atoms with van der Waals surface area (Å²) in [5.41, 5.74) is 6.58. The van der Waals surface area contributed by atoms with Crippen molar-refractivity contribution in [1.29, 1.82) is 0 Å². The lowest BCUT2D eigenvalue weighted by Crippen LogP contribution is -2.44. The molecule has 1 saturated carbocycles. The van der Waals surface area contributed by atoms with Crippen LogP contribution in [0.4, 0.5) is 0 Å². The third-order valence-electron chi connectivity index (χ3n) is 5.70. The largest absolute Gasteiger partial charge is 0.504 e. The van der Waals surface area contributed by atoms with E-state index < -0.39 is 35.1 Å². The molecule has 2 unspecified atom stereocenters. The van der Waals surface area contributed by atoms with Crippen molar-refractivity contribution in [1.82, 2.24) is 0 Å². The van der Waals surface area contributed by atoms with E-state index in [1.807, 2.05) is 13.8 Å². The molecule has 1 heterocycles. The molecule has 1 aromatic carbocycles. The molecule has 2 aliphatic rings. The van der Waals surface area contributed by atoms with Crippen molar-refractivity contribution in [2.75, 3.05) is 26.4 Å². The fraction of sp³-hybridized carbons (Fsp3) is 0.522. The fourth-order valence-electron chi connectivity index (χ4n) is 4.48. The Balaban J connectivity index is 2.23. The second-order valence-electron chi connectivity index (χ2n) is 8.87. The molecular formula is C23H30N2O7. The molecule has 9 heteroatoms. The number of ether oxygens (including phenoxy) is 2. The lowest BCUT2D eigenvalue weighted by Gasteiger charge is -2.41. The van der Waals surface area contributed by atoms with Crippen molar-refractivity contribution in [3.8, 4) is 17.2 Å². The van der Waals surface area contributed by atoms with E-state index in [4.69, 9.17) is 15.2 Å². The lowest BCUT2D eigenvalue weighted by molar-refractivity contribution is -0.139. The van der Waals surface area contributed by atoms with Crippen LogP contribution in [-0.2, 0) is 19.1 Å². The standard InChI is InChI=1S/C23H30N2O7/c1-4-32-22(30)20-14(11-31-6-5-24)25-13-9-23(2,3)10-17(28)19(13)18(20)12-7-15(26)21(29)16(27)8-12/h7-8,18-19,26-27,29H,4-6,9-11,24H2,1-3H3. The van der Waals surface area contributed by atoms with Gasteiger partial charge < -0.3 is 30.5 Å². The van der Waals surface area contributed by atoms with E-state index in [0.717, 1.165) is 0 Å². The smallest absolute Gasteiger partial charge is 0.336 e. The van der Waals surface area contributed by atoms with Gasteiger partial charge in [0.15, 0.2) is 17.2 Å². The maximum atomic E-state index is 13.3. The molecule has 0 radical (unpaired) electrons. The Labute approximate surface area is 186 Å². The van der Waals surface area contributed by atoms with Gasteiger partial charge in [0.05, 0.1) is 37.0 Å². The highest BCUT2D eigenvalue weighted by molar-refractivity contribution is 6.12. The third-order valence-corrected chi connectivity index (χ3v) is 5.70. The second kappa shape index (κ2) is 9.30. The average Bonchev–Trinajstić information content (AvgIpc) is 2.70. The minimum absolute atomic E-state index is 0.0112. The second-order valence-corrected chi connectivity index (χ2v) is 8.87. The highest BCUT2D eigenvalue weighted by atomic mass is 16.5. The first kappa shape index (κ1) is 23.7. The van der Waals surface area contributed by atoms with E-state index in [2.05, 4.69) is 4.99 Å². The molecule has 1 aliphatic carbocycles. The molecule has 5 N–H and O–H groups in total. The first-order chi connectivity index (χ1) is 15.1. The van der Waals surface area contributed by atoms with E-state index in [1.54, 1.807) is 6.92 Å². The summed E-state index contributed by atoms with van der Waals surface area (Å²) >= 11 is 0.